The van der Waals surface area contributed by atoms with Crippen LogP contribution >= 0.6 is 0 Å². The molecular weight excluding hydrogens is 390 g/mol. The lowest BCUT2D eigenvalue weighted by Crippen LogP contribution is -2.11. The molecule has 0 radical (unpaired) electrons. The summed E-state index contributed by atoms with van der Waals surface area (Å²) in [6.07, 6.45) is 5.33. The molecule has 5 nitrogen and oxygen atoms in total. The molecule has 5 heteroatoms. The maximum Gasteiger partial charge on any atom is 0.328 e. The second-order valence-electron chi connectivity index (χ2n) is 7.15. The van der Waals surface area contributed by atoms with Gasteiger partial charge >= 0.3 is 11.9 Å². The van der Waals surface area contributed by atoms with Crippen molar-refractivity contribution in [1.29, 1.82) is 0 Å². The van der Waals surface area contributed by atoms with Crippen LogP contribution in [0.15, 0.2) is 78.9 Å². The molecule has 0 amide bonds. The highest BCUT2D eigenvalue weighted by Gasteiger charge is 2.14. The molecule has 0 aliphatic rings. The van der Waals surface area contributed by atoms with Crippen molar-refractivity contribution in [2.45, 2.75) is 13.8 Å². The van der Waals surface area contributed by atoms with Crippen LogP contribution in [0.4, 0.5) is 17.1 Å². The quantitative estimate of drug-likeness (QED) is 0.467. The first kappa shape index (κ1) is 21.6. The van der Waals surface area contributed by atoms with Gasteiger partial charge in [0.2, 0.25) is 0 Å². The molecule has 0 aliphatic carbocycles. The van der Waals surface area contributed by atoms with Crippen LogP contribution < -0.4 is 4.90 Å². The lowest BCUT2D eigenvalue weighted by atomic mass is 10.1. The molecule has 156 valence electrons. The van der Waals surface area contributed by atoms with Crippen molar-refractivity contribution in [3.8, 4) is 0 Å². The number of carboxylic acid groups (broad SMARTS) is 2. The summed E-state index contributed by atoms with van der Waals surface area (Å²) in [7, 11) is 0. The molecular formula is C26H23NO4. The fourth-order valence-corrected chi connectivity index (χ4v) is 3.29. The van der Waals surface area contributed by atoms with Gasteiger partial charge in [-0.3, -0.25) is 0 Å². The Morgan fingerprint density at radius 3 is 1.55 bits per heavy atom. The third kappa shape index (κ3) is 5.70. The lowest BCUT2D eigenvalue weighted by molar-refractivity contribution is -0.132. The molecule has 0 atom stereocenters. The van der Waals surface area contributed by atoms with Crippen LogP contribution in [-0.2, 0) is 9.59 Å². The topological polar surface area (TPSA) is 77.8 Å². The molecule has 0 unspecified atom stereocenters. The molecule has 0 fully saturated rings. The van der Waals surface area contributed by atoms with E-state index in [4.69, 9.17) is 10.2 Å². The van der Waals surface area contributed by atoms with Crippen molar-refractivity contribution in [3.05, 3.63) is 101 Å². The number of aryl methyl sites for hydroxylation is 2. The Morgan fingerprint density at radius 2 is 1.16 bits per heavy atom. The van der Waals surface area contributed by atoms with E-state index >= 15 is 0 Å². The summed E-state index contributed by atoms with van der Waals surface area (Å²) in [5.74, 6) is -1.98. The van der Waals surface area contributed by atoms with Crippen molar-refractivity contribution >= 4 is 41.2 Å². The van der Waals surface area contributed by atoms with Gasteiger partial charge in [-0.2, -0.15) is 0 Å². The van der Waals surface area contributed by atoms with Gasteiger partial charge in [0.05, 0.1) is 0 Å². The molecule has 0 aromatic heterocycles. The fraction of sp³-hybridized carbons (Fsp3) is 0.0769. The number of rotatable bonds is 7. The lowest BCUT2D eigenvalue weighted by Gasteiger charge is -2.27. The van der Waals surface area contributed by atoms with Gasteiger partial charge < -0.3 is 15.1 Å². The van der Waals surface area contributed by atoms with E-state index in [9.17, 15) is 9.59 Å². The highest BCUT2D eigenvalue weighted by molar-refractivity contribution is 5.86. The van der Waals surface area contributed by atoms with Gasteiger partial charge in [0.25, 0.3) is 0 Å². The van der Waals surface area contributed by atoms with Gasteiger partial charge in [0, 0.05) is 29.2 Å². The summed E-state index contributed by atoms with van der Waals surface area (Å²) in [5, 5.41) is 17.7. The van der Waals surface area contributed by atoms with E-state index in [1.807, 2.05) is 55.5 Å². The average molecular weight is 413 g/mol. The zero-order valence-corrected chi connectivity index (χ0v) is 17.3. The summed E-state index contributed by atoms with van der Waals surface area (Å²) in [6, 6.07) is 21.5. The highest BCUT2D eigenvalue weighted by atomic mass is 16.4. The Balaban J connectivity index is 2.03. The van der Waals surface area contributed by atoms with E-state index in [1.54, 1.807) is 12.2 Å². The molecule has 3 aromatic rings. The summed E-state index contributed by atoms with van der Waals surface area (Å²) in [6.45, 7) is 4.11. The third-order valence-electron chi connectivity index (χ3n) is 4.73. The monoisotopic (exact) mass is 413 g/mol. The van der Waals surface area contributed by atoms with Crippen LogP contribution in [0.25, 0.3) is 12.2 Å². The Bertz CT molecular complexity index is 1080. The summed E-state index contributed by atoms with van der Waals surface area (Å²) in [4.78, 5) is 23.6. The van der Waals surface area contributed by atoms with E-state index in [0.717, 1.165) is 45.9 Å². The molecule has 0 aliphatic heterocycles. The SMILES string of the molecule is Cc1ccc(N(c2ccc(/C=C/C(=O)O)cc2)c2ccc(/C=C/C(=O)O)cc2)c(C)c1. The van der Waals surface area contributed by atoms with Gasteiger partial charge in [-0.15, -0.1) is 0 Å². The smallest absolute Gasteiger partial charge is 0.328 e. The second-order valence-corrected chi connectivity index (χ2v) is 7.15. The predicted molar refractivity (Wildman–Crippen MR) is 124 cm³/mol. The van der Waals surface area contributed by atoms with Crippen molar-refractivity contribution in [2.75, 3.05) is 4.90 Å². The van der Waals surface area contributed by atoms with Gasteiger partial charge in [-0.05, 0) is 73.0 Å². The minimum absolute atomic E-state index is 0.792. The molecule has 0 saturated heterocycles. The number of aliphatic carboxylic acids is 2. The third-order valence-corrected chi connectivity index (χ3v) is 4.73. The van der Waals surface area contributed by atoms with Crippen molar-refractivity contribution < 1.29 is 19.8 Å². The number of carbonyl (C=O) groups is 2. The van der Waals surface area contributed by atoms with Crippen LogP contribution in [0, 0.1) is 13.8 Å². The van der Waals surface area contributed by atoms with E-state index in [-0.39, 0.29) is 0 Å². The van der Waals surface area contributed by atoms with Crippen LogP contribution in [0.3, 0.4) is 0 Å². The fourth-order valence-electron chi connectivity index (χ4n) is 3.29. The average Bonchev–Trinajstić information content (AvgIpc) is 2.74. The number of benzene rings is 3. The molecule has 0 heterocycles. The number of hydrogen-bond donors (Lipinski definition) is 2. The molecule has 0 bridgehead atoms. The number of carboxylic acids is 2. The first-order chi connectivity index (χ1) is 14.8. The minimum atomic E-state index is -0.988. The summed E-state index contributed by atoms with van der Waals surface area (Å²) >= 11 is 0. The first-order valence-electron chi connectivity index (χ1n) is 9.73. The number of nitrogens with zero attached hydrogens (tertiary/aromatic N) is 1. The maximum atomic E-state index is 10.8. The summed E-state index contributed by atoms with van der Waals surface area (Å²) in [5.41, 5.74) is 6.74. The Kier molecular flexibility index (Phi) is 6.67. The molecule has 31 heavy (non-hydrogen) atoms. The van der Waals surface area contributed by atoms with Gasteiger partial charge in [0.1, 0.15) is 0 Å². The largest absolute Gasteiger partial charge is 0.478 e. The van der Waals surface area contributed by atoms with Crippen LogP contribution in [0.1, 0.15) is 22.3 Å². The van der Waals surface area contributed by atoms with E-state index in [1.165, 1.54) is 5.56 Å². The standard InChI is InChI=1S/C26H23NO4/c1-18-3-14-24(19(2)17-18)27(22-10-4-20(5-11-22)8-15-25(28)29)23-12-6-21(7-13-23)9-16-26(30)31/h3-17H,1-2H3,(H,28,29)(H,30,31)/b15-8+,16-9+. The Morgan fingerprint density at radius 1 is 0.710 bits per heavy atom. The highest BCUT2D eigenvalue weighted by Crippen LogP contribution is 2.37. The molecule has 3 aromatic carbocycles. The van der Waals surface area contributed by atoms with Crippen LogP contribution in [0.2, 0.25) is 0 Å². The normalized spacial score (nSPS) is 11.2. The number of hydrogen-bond acceptors (Lipinski definition) is 3. The molecule has 2 N–H and O–H groups in total. The maximum absolute atomic E-state index is 10.8. The Hall–Kier alpha value is -4.12. The van der Waals surface area contributed by atoms with E-state index in [2.05, 4.69) is 30.0 Å². The van der Waals surface area contributed by atoms with E-state index < -0.39 is 11.9 Å². The van der Waals surface area contributed by atoms with E-state index in [0.29, 0.717) is 0 Å². The molecule has 3 rings (SSSR count). The van der Waals surface area contributed by atoms with Crippen molar-refractivity contribution in [3.63, 3.8) is 0 Å². The minimum Gasteiger partial charge on any atom is -0.478 e. The Labute approximate surface area is 181 Å². The van der Waals surface area contributed by atoms with Gasteiger partial charge in [0.15, 0.2) is 0 Å². The predicted octanol–water partition coefficient (Wildman–Crippen LogP) is 5.97. The van der Waals surface area contributed by atoms with Crippen LogP contribution in [-0.4, -0.2) is 22.2 Å². The number of anilines is 3. The van der Waals surface area contributed by atoms with Crippen molar-refractivity contribution in [1.82, 2.24) is 0 Å². The van der Waals surface area contributed by atoms with Crippen molar-refractivity contribution in [2.24, 2.45) is 0 Å². The summed E-state index contributed by atoms with van der Waals surface area (Å²) < 4.78 is 0. The van der Waals surface area contributed by atoms with Gasteiger partial charge in [-0.25, -0.2) is 9.59 Å². The first-order valence-corrected chi connectivity index (χ1v) is 9.73. The molecule has 0 saturated carbocycles. The second kappa shape index (κ2) is 9.59. The zero-order chi connectivity index (χ0) is 22.4. The zero-order valence-electron chi connectivity index (χ0n) is 17.3. The van der Waals surface area contributed by atoms with Crippen LogP contribution in [0.5, 0.6) is 0 Å². The molecule has 0 spiro atoms. The van der Waals surface area contributed by atoms with Gasteiger partial charge in [-0.1, -0.05) is 42.0 Å².